The minimum atomic E-state index is -1.80. The van der Waals surface area contributed by atoms with E-state index in [1.807, 2.05) is 0 Å². The molecule has 0 bridgehead atoms. The van der Waals surface area contributed by atoms with E-state index in [1.165, 1.54) is 6.42 Å². The average Bonchev–Trinajstić information content (AvgIpc) is 2.28. The molecule has 0 aromatic carbocycles. The van der Waals surface area contributed by atoms with Crippen LogP contribution >= 0.6 is 0 Å². The Bertz CT molecular complexity index is 369. The van der Waals surface area contributed by atoms with Crippen LogP contribution in [-0.4, -0.2) is 66.7 Å². The third-order valence-corrected chi connectivity index (χ3v) is 9.13. The lowest BCUT2D eigenvalue weighted by atomic mass is 10.0. The zero-order valence-corrected chi connectivity index (χ0v) is 17.2. The van der Waals surface area contributed by atoms with Crippen LogP contribution in [0.2, 0.25) is 26.2 Å². The molecule has 1 aliphatic carbocycles. The minimum Gasteiger partial charge on any atom is -0.544 e. The molecule has 6 heteroatoms. The van der Waals surface area contributed by atoms with E-state index in [1.54, 1.807) is 0 Å². The van der Waals surface area contributed by atoms with Crippen LogP contribution in [0.25, 0.3) is 0 Å². The number of allylic oxidation sites excluding steroid dienone is 1. The maximum Gasteiger partial charge on any atom is 0.265 e. The van der Waals surface area contributed by atoms with E-state index in [2.05, 4.69) is 69.9 Å². The maximum atomic E-state index is 6.48. The summed E-state index contributed by atoms with van der Waals surface area (Å²) in [5.74, 6) is 1.10. The highest BCUT2D eigenvalue weighted by Gasteiger charge is 2.35. The van der Waals surface area contributed by atoms with Gasteiger partial charge in [0, 0.05) is 6.17 Å². The predicted octanol–water partition coefficient (Wildman–Crippen LogP) is 3.03. The normalized spacial score (nSPS) is 20.9. The van der Waals surface area contributed by atoms with E-state index >= 15 is 0 Å². The first-order valence-corrected chi connectivity index (χ1v) is 13.9. The molecule has 0 amide bonds. The summed E-state index contributed by atoms with van der Waals surface area (Å²) in [4.78, 5) is 2.23. The van der Waals surface area contributed by atoms with Crippen molar-refractivity contribution < 1.29 is 8.85 Å². The van der Waals surface area contributed by atoms with Gasteiger partial charge in [0.2, 0.25) is 0 Å². The largest absolute Gasteiger partial charge is 0.544 e. The lowest BCUT2D eigenvalue weighted by Crippen LogP contribution is -2.51. The minimum absolute atomic E-state index is 0.150. The van der Waals surface area contributed by atoms with Gasteiger partial charge in [-0.3, -0.25) is 0 Å². The van der Waals surface area contributed by atoms with E-state index < -0.39 is 16.8 Å². The van der Waals surface area contributed by atoms with Crippen LogP contribution in [-0.2, 0) is 8.85 Å². The van der Waals surface area contributed by atoms with Gasteiger partial charge < -0.3 is 18.3 Å². The van der Waals surface area contributed by atoms with Gasteiger partial charge in [-0.15, -0.1) is 0 Å². The van der Waals surface area contributed by atoms with Crippen molar-refractivity contribution in [2.24, 2.45) is 0 Å². The van der Waals surface area contributed by atoms with Crippen molar-refractivity contribution in [2.45, 2.75) is 51.6 Å². The topological polar surface area (TPSA) is 24.9 Å². The van der Waals surface area contributed by atoms with Gasteiger partial charge in [0.25, 0.3) is 16.8 Å². The quantitative estimate of drug-likeness (QED) is 0.670. The summed E-state index contributed by atoms with van der Waals surface area (Å²) < 4.78 is 15.2. The van der Waals surface area contributed by atoms with E-state index in [9.17, 15) is 0 Å². The van der Waals surface area contributed by atoms with E-state index in [0.29, 0.717) is 0 Å². The van der Waals surface area contributed by atoms with Crippen LogP contribution < -0.4 is 0 Å². The Balaban J connectivity index is 2.76. The van der Waals surface area contributed by atoms with Crippen molar-refractivity contribution in [3.8, 4) is 0 Å². The first-order valence-electron chi connectivity index (χ1n) is 7.92. The molecule has 0 aromatic heterocycles. The molecule has 0 aromatic rings. The fourth-order valence-corrected chi connectivity index (χ4v) is 6.19. The van der Waals surface area contributed by atoms with Crippen molar-refractivity contribution >= 4 is 16.8 Å². The summed E-state index contributed by atoms with van der Waals surface area (Å²) in [6.07, 6.45) is 6.85. The lowest BCUT2D eigenvalue weighted by Gasteiger charge is -2.38. The third kappa shape index (κ3) is 6.24. The molecule has 0 heterocycles. The molecule has 0 radical (unpaired) electrons. The van der Waals surface area contributed by atoms with Gasteiger partial charge in [0.05, 0.1) is 0 Å². The van der Waals surface area contributed by atoms with Crippen LogP contribution in [0, 0.1) is 0 Å². The van der Waals surface area contributed by atoms with Gasteiger partial charge >= 0.3 is 0 Å². The molecule has 0 saturated heterocycles. The van der Waals surface area contributed by atoms with Gasteiger partial charge in [0.1, 0.15) is 11.9 Å². The SMILES string of the molecule is CN(C)C[Si](C)(C)OC1=CCCCC1O[Si](C)(C)N(C)C. The standard InChI is InChI=1S/C15H34N2O2Si2/c1-16(2)13-20(5,6)18-14-11-9-10-12-15(14)19-21(7,8)17(3)4/h11,15H,9-10,12-13H2,1-8H3. The zero-order valence-electron chi connectivity index (χ0n) is 15.2. The van der Waals surface area contributed by atoms with Gasteiger partial charge in [-0.25, -0.2) is 0 Å². The van der Waals surface area contributed by atoms with Crippen LogP contribution in [0.4, 0.5) is 0 Å². The van der Waals surface area contributed by atoms with Crippen LogP contribution in [0.5, 0.6) is 0 Å². The van der Waals surface area contributed by atoms with E-state index in [-0.39, 0.29) is 6.10 Å². The molecule has 124 valence electrons. The maximum absolute atomic E-state index is 6.48. The summed E-state index contributed by atoms with van der Waals surface area (Å²) >= 11 is 0. The monoisotopic (exact) mass is 330 g/mol. The van der Waals surface area contributed by atoms with Crippen LogP contribution in [0.3, 0.4) is 0 Å². The van der Waals surface area contributed by atoms with Gasteiger partial charge in [-0.2, -0.15) is 0 Å². The molecule has 4 nitrogen and oxygen atoms in total. The highest BCUT2D eigenvalue weighted by atomic mass is 28.4. The van der Waals surface area contributed by atoms with Crippen LogP contribution in [0.1, 0.15) is 19.3 Å². The van der Waals surface area contributed by atoms with Crippen molar-refractivity contribution in [1.29, 1.82) is 0 Å². The summed E-state index contributed by atoms with van der Waals surface area (Å²) in [6.45, 7) is 9.07. The molecule has 1 aliphatic rings. The first-order chi connectivity index (χ1) is 9.53. The molecule has 1 atom stereocenters. The van der Waals surface area contributed by atoms with E-state index in [4.69, 9.17) is 8.85 Å². The first kappa shape index (κ1) is 18.9. The zero-order chi connectivity index (χ0) is 16.3. The molecule has 1 unspecified atom stereocenters. The molecule has 0 N–H and O–H groups in total. The smallest absolute Gasteiger partial charge is 0.265 e. The second-order valence-corrected chi connectivity index (χ2v) is 15.6. The van der Waals surface area contributed by atoms with Gasteiger partial charge in [-0.05, 0) is 79.7 Å². The van der Waals surface area contributed by atoms with Gasteiger partial charge in [-0.1, -0.05) is 0 Å². The fourth-order valence-electron chi connectivity index (χ4n) is 2.61. The molecule has 0 aliphatic heterocycles. The summed E-state index contributed by atoms with van der Waals surface area (Å²) in [7, 11) is 4.94. The Hall–Kier alpha value is -0.146. The van der Waals surface area contributed by atoms with E-state index in [0.717, 1.165) is 24.8 Å². The Morgan fingerprint density at radius 3 is 2.29 bits per heavy atom. The molecule has 0 spiro atoms. The van der Waals surface area contributed by atoms with Crippen molar-refractivity contribution in [2.75, 3.05) is 34.4 Å². The highest BCUT2D eigenvalue weighted by molar-refractivity contribution is 6.71. The second kappa shape index (κ2) is 7.41. The summed E-state index contributed by atoms with van der Waals surface area (Å²) in [5, 5.41) is 0. The summed E-state index contributed by atoms with van der Waals surface area (Å²) in [6, 6.07) is 0. The van der Waals surface area contributed by atoms with Crippen molar-refractivity contribution in [1.82, 2.24) is 9.47 Å². The van der Waals surface area contributed by atoms with Crippen molar-refractivity contribution in [3.63, 3.8) is 0 Å². The molecule has 0 fully saturated rings. The summed E-state index contributed by atoms with van der Waals surface area (Å²) in [5.41, 5.74) is 0. The Morgan fingerprint density at radius 1 is 1.14 bits per heavy atom. The fraction of sp³-hybridized carbons (Fsp3) is 0.867. The number of rotatable bonds is 7. The lowest BCUT2D eigenvalue weighted by molar-refractivity contribution is 0.136. The average molecular weight is 331 g/mol. The Kier molecular flexibility index (Phi) is 6.67. The second-order valence-electron chi connectivity index (χ2n) is 7.58. The highest BCUT2D eigenvalue weighted by Crippen LogP contribution is 2.28. The predicted molar refractivity (Wildman–Crippen MR) is 95.1 cm³/mol. The van der Waals surface area contributed by atoms with Crippen molar-refractivity contribution in [3.05, 3.63) is 11.8 Å². The van der Waals surface area contributed by atoms with Gasteiger partial charge in [0.15, 0.2) is 0 Å². The number of hydrogen-bond acceptors (Lipinski definition) is 4. The third-order valence-electron chi connectivity index (χ3n) is 3.93. The number of nitrogens with zero attached hydrogens (tertiary/aromatic N) is 2. The molecule has 0 saturated carbocycles. The number of hydrogen-bond donors (Lipinski definition) is 0. The molecule has 1 rings (SSSR count). The Labute approximate surface area is 133 Å². The molecular weight excluding hydrogens is 296 g/mol. The van der Waals surface area contributed by atoms with Crippen LogP contribution in [0.15, 0.2) is 11.8 Å². The Morgan fingerprint density at radius 2 is 1.76 bits per heavy atom. The molecule has 21 heavy (non-hydrogen) atoms. The molecular formula is C15H34N2O2Si2.